The fourth-order valence-corrected chi connectivity index (χ4v) is 3.19. The Bertz CT molecular complexity index is 1100. The van der Waals surface area contributed by atoms with Crippen molar-refractivity contribution >= 4 is 5.69 Å². The van der Waals surface area contributed by atoms with Crippen molar-refractivity contribution in [3.63, 3.8) is 0 Å². The van der Waals surface area contributed by atoms with Gasteiger partial charge in [-0.1, -0.05) is 41.6 Å². The number of phenolic OH excluding ortho intramolecular Hbond substituents is 1. The molecule has 0 aliphatic carbocycles. The SMILES string of the molecule is CCN(Cc1cccc(OCc2noc(-c3ccccc3)n2)c1)c1cccc(O)c1. The number of aromatic hydroxyl groups is 1. The van der Waals surface area contributed by atoms with Crippen LogP contribution in [-0.2, 0) is 13.2 Å². The molecule has 0 unspecified atom stereocenters. The molecule has 0 saturated heterocycles. The average Bonchev–Trinajstić information content (AvgIpc) is 3.26. The lowest BCUT2D eigenvalue weighted by atomic mass is 10.2. The molecule has 1 heterocycles. The Morgan fingerprint density at radius 2 is 1.80 bits per heavy atom. The van der Waals surface area contributed by atoms with Crippen molar-refractivity contribution in [2.24, 2.45) is 0 Å². The number of aromatic nitrogens is 2. The zero-order chi connectivity index (χ0) is 20.8. The van der Waals surface area contributed by atoms with Crippen LogP contribution in [0.15, 0.2) is 83.4 Å². The van der Waals surface area contributed by atoms with Crippen molar-refractivity contribution in [1.29, 1.82) is 0 Å². The first-order valence-corrected chi connectivity index (χ1v) is 9.85. The Balaban J connectivity index is 1.41. The highest BCUT2D eigenvalue weighted by Gasteiger charge is 2.10. The van der Waals surface area contributed by atoms with Crippen LogP contribution in [-0.4, -0.2) is 21.8 Å². The van der Waals surface area contributed by atoms with Gasteiger partial charge in [0.2, 0.25) is 5.82 Å². The second-order valence-corrected chi connectivity index (χ2v) is 6.85. The fraction of sp³-hybridized carbons (Fsp3) is 0.167. The molecule has 0 bridgehead atoms. The molecule has 0 fully saturated rings. The molecule has 6 nitrogen and oxygen atoms in total. The summed E-state index contributed by atoms with van der Waals surface area (Å²) in [5.41, 5.74) is 2.96. The Labute approximate surface area is 175 Å². The van der Waals surface area contributed by atoms with Crippen LogP contribution in [0.1, 0.15) is 18.3 Å². The molecule has 152 valence electrons. The summed E-state index contributed by atoms with van der Waals surface area (Å²) in [4.78, 5) is 6.58. The van der Waals surface area contributed by atoms with Gasteiger partial charge in [0.15, 0.2) is 6.61 Å². The van der Waals surface area contributed by atoms with Crippen molar-refractivity contribution in [2.45, 2.75) is 20.1 Å². The topological polar surface area (TPSA) is 71.6 Å². The predicted molar refractivity (Wildman–Crippen MR) is 115 cm³/mol. The van der Waals surface area contributed by atoms with Gasteiger partial charge in [-0.2, -0.15) is 4.98 Å². The Morgan fingerprint density at radius 1 is 0.967 bits per heavy atom. The van der Waals surface area contributed by atoms with Gasteiger partial charge in [-0.15, -0.1) is 0 Å². The molecule has 4 aromatic rings. The van der Waals surface area contributed by atoms with Crippen LogP contribution in [0, 0.1) is 0 Å². The molecule has 4 rings (SSSR count). The first kappa shape index (κ1) is 19.5. The highest BCUT2D eigenvalue weighted by Crippen LogP contribution is 2.23. The van der Waals surface area contributed by atoms with Crippen LogP contribution in [0.4, 0.5) is 5.69 Å². The largest absolute Gasteiger partial charge is 0.508 e. The second-order valence-electron chi connectivity index (χ2n) is 6.85. The van der Waals surface area contributed by atoms with E-state index in [1.807, 2.05) is 60.7 Å². The molecule has 0 aliphatic rings. The number of hydrogen-bond acceptors (Lipinski definition) is 6. The van der Waals surface area contributed by atoms with Gasteiger partial charge in [0.1, 0.15) is 11.5 Å². The third-order valence-electron chi connectivity index (χ3n) is 4.71. The lowest BCUT2D eigenvalue weighted by Crippen LogP contribution is -2.21. The van der Waals surface area contributed by atoms with E-state index in [-0.39, 0.29) is 12.4 Å². The summed E-state index contributed by atoms with van der Waals surface area (Å²) in [6.07, 6.45) is 0. The molecule has 6 heteroatoms. The predicted octanol–water partition coefficient (Wildman–Crippen LogP) is 5.05. The number of rotatable bonds is 8. The van der Waals surface area contributed by atoms with Gasteiger partial charge in [-0.05, 0) is 48.9 Å². The maximum Gasteiger partial charge on any atom is 0.258 e. The van der Waals surface area contributed by atoms with Gasteiger partial charge in [0, 0.05) is 30.4 Å². The molecule has 0 amide bonds. The molecule has 0 radical (unpaired) electrons. The third-order valence-corrected chi connectivity index (χ3v) is 4.71. The molecular formula is C24H23N3O3. The summed E-state index contributed by atoms with van der Waals surface area (Å²) in [6, 6.07) is 24.9. The maximum absolute atomic E-state index is 9.75. The number of nitrogens with zero attached hydrogens (tertiary/aromatic N) is 3. The minimum absolute atomic E-state index is 0.226. The summed E-state index contributed by atoms with van der Waals surface area (Å²) in [6.45, 7) is 3.84. The number of anilines is 1. The van der Waals surface area contributed by atoms with E-state index < -0.39 is 0 Å². The van der Waals surface area contributed by atoms with Gasteiger partial charge in [-0.25, -0.2) is 0 Å². The Morgan fingerprint density at radius 3 is 2.60 bits per heavy atom. The van der Waals surface area contributed by atoms with Crippen molar-refractivity contribution in [3.8, 4) is 23.0 Å². The van der Waals surface area contributed by atoms with E-state index in [0.717, 1.165) is 29.1 Å². The van der Waals surface area contributed by atoms with E-state index in [1.165, 1.54) is 0 Å². The number of benzene rings is 3. The summed E-state index contributed by atoms with van der Waals surface area (Å²) < 4.78 is 11.2. The zero-order valence-corrected chi connectivity index (χ0v) is 16.7. The van der Waals surface area contributed by atoms with Crippen LogP contribution < -0.4 is 9.64 Å². The van der Waals surface area contributed by atoms with Crippen LogP contribution >= 0.6 is 0 Å². The van der Waals surface area contributed by atoms with Gasteiger partial charge in [0.25, 0.3) is 5.89 Å². The number of ether oxygens (including phenoxy) is 1. The van der Waals surface area contributed by atoms with Crippen molar-refractivity contribution in [2.75, 3.05) is 11.4 Å². The van der Waals surface area contributed by atoms with Crippen LogP contribution in [0.5, 0.6) is 11.5 Å². The summed E-state index contributed by atoms with van der Waals surface area (Å²) in [5, 5.41) is 13.8. The Kier molecular flexibility index (Phi) is 5.94. The molecule has 3 aromatic carbocycles. The van der Waals surface area contributed by atoms with E-state index in [2.05, 4.69) is 28.0 Å². The molecule has 30 heavy (non-hydrogen) atoms. The van der Waals surface area contributed by atoms with Gasteiger partial charge >= 0.3 is 0 Å². The quantitative estimate of drug-likeness (QED) is 0.446. The number of phenols is 1. The van der Waals surface area contributed by atoms with E-state index >= 15 is 0 Å². The smallest absolute Gasteiger partial charge is 0.258 e. The molecule has 0 aliphatic heterocycles. The van der Waals surface area contributed by atoms with E-state index in [4.69, 9.17) is 9.26 Å². The fourth-order valence-electron chi connectivity index (χ4n) is 3.19. The first-order valence-electron chi connectivity index (χ1n) is 9.85. The van der Waals surface area contributed by atoms with Crippen molar-refractivity contribution in [3.05, 3.63) is 90.3 Å². The van der Waals surface area contributed by atoms with Gasteiger partial charge < -0.3 is 19.3 Å². The van der Waals surface area contributed by atoms with Crippen molar-refractivity contribution in [1.82, 2.24) is 10.1 Å². The first-order chi connectivity index (χ1) is 14.7. The van der Waals surface area contributed by atoms with E-state index in [1.54, 1.807) is 12.1 Å². The lowest BCUT2D eigenvalue weighted by molar-refractivity contribution is 0.287. The highest BCUT2D eigenvalue weighted by molar-refractivity contribution is 5.52. The summed E-state index contributed by atoms with van der Waals surface area (Å²) >= 11 is 0. The molecule has 1 N–H and O–H groups in total. The standard InChI is InChI=1S/C24H23N3O3/c1-2-27(20-11-7-12-21(28)15-20)16-18-8-6-13-22(14-18)29-17-23-25-24(30-26-23)19-9-4-3-5-10-19/h3-15,28H,2,16-17H2,1H3. The van der Waals surface area contributed by atoms with E-state index in [0.29, 0.717) is 18.3 Å². The monoisotopic (exact) mass is 401 g/mol. The van der Waals surface area contributed by atoms with Gasteiger partial charge in [0.05, 0.1) is 0 Å². The zero-order valence-electron chi connectivity index (χ0n) is 16.7. The third kappa shape index (κ3) is 4.78. The van der Waals surface area contributed by atoms with Crippen molar-refractivity contribution < 1.29 is 14.4 Å². The molecule has 0 saturated carbocycles. The van der Waals surface area contributed by atoms with Gasteiger partial charge in [-0.3, -0.25) is 0 Å². The number of hydrogen-bond donors (Lipinski definition) is 1. The van der Waals surface area contributed by atoms with Crippen LogP contribution in [0.2, 0.25) is 0 Å². The maximum atomic E-state index is 9.75. The summed E-state index contributed by atoms with van der Waals surface area (Å²) in [5.74, 6) is 1.98. The lowest BCUT2D eigenvalue weighted by Gasteiger charge is -2.23. The Hall–Kier alpha value is -3.80. The molecular weight excluding hydrogens is 378 g/mol. The molecule has 0 spiro atoms. The second kappa shape index (κ2) is 9.13. The van der Waals surface area contributed by atoms with Crippen LogP contribution in [0.3, 0.4) is 0 Å². The highest BCUT2D eigenvalue weighted by atomic mass is 16.5. The normalized spacial score (nSPS) is 10.7. The molecule has 1 aromatic heterocycles. The average molecular weight is 401 g/mol. The summed E-state index contributed by atoms with van der Waals surface area (Å²) in [7, 11) is 0. The van der Waals surface area contributed by atoms with Crippen LogP contribution in [0.25, 0.3) is 11.5 Å². The minimum Gasteiger partial charge on any atom is -0.508 e. The van der Waals surface area contributed by atoms with E-state index in [9.17, 15) is 5.11 Å². The molecule has 0 atom stereocenters. The minimum atomic E-state index is 0.226.